The maximum absolute atomic E-state index is 13.0. The van der Waals surface area contributed by atoms with Crippen LogP contribution in [0.1, 0.15) is 24.5 Å². The van der Waals surface area contributed by atoms with Crippen LogP contribution in [0, 0.1) is 10.1 Å². The third-order valence-corrected chi connectivity index (χ3v) is 4.81. The van der Waals surface area contributed by atoms with Crippen molar-refractivity contribution in [3.05, 3.63) is 75.8 Å². The maximum atomic E-state index is 13.0. The van der Waals surface area contributed by atoms with Gasteiger partial charge >= 0.3 is 12.0 Å². The molecule has 29 heavy (non-hydrogen) atoms. The predicted octanol–water partition coefficient (Wildman–Crippen LogP) is 2.50. The first-order valence-electron chi connectivity index (χ1n) is 8.96. The van der Waals surface area contributed by atoms with E-state index in [4.69, 9.17) is 4.74 Å². The third-order valence-electron chi connectivity index (χ3n) is 4.81. The highest BCUT2D eigenvalue weighted by atomic mass is 16.6. The molecule has 1 fully saturated rings. The van der Waals surface area contributed by atoms with Gasteiger partial charge < -0.3 is 10.1 Å². The topological polar surface area (TPSA) is 119 Å². The molecule has 0 spiro atoms. The van der Waals surface area contributed by atoms with Crippen LogP contribution in [0.25, 0.3) is 0 Å². The van der Waals surface area contributed by atoms with Crippen LogP contribution in [-0.4, -0.2) is 34.3 Å². The van der Waals surface area contributed by atoms with E-state index in [0.717, 1.165) is 4.90 Å². The van der Waals surface area contributed by atoms with Gasteiger partial charge in [-0.3, -0.25) is 24.6 Å². The Bertz CT molecular complexity index is 944. The molecular weight excluding hydrogens is 378 g/mol. The van der Waals surface area contributed by atoms with Crippen molar-refractivity contribution in [3.8, 4) is 0 Å². The normalized spacial score (nSPS) is 18.4. The minimum absolute atomic E-state index is 0.0729. The van der Waals surface area contributed by atoms with Crippen molar-refractivity contribution >= 4 is 23.6 Å². The van der Waals surface area contributed by atoms with Gasteiger partial charge in [-0.05, 0) is 29.7 Å². The average molecular weight is 397 g/mol. The summed E-state index contributed by atoms with van der Waals surface area (Å²) in [6, 6.07) is 13.7. The molecule has 3 amide bonds. The number of esters is 1. The SMILES string of the molecule is CC[C@@]1(c2ccccc2)NC(=O)N(CC(=O)OCc2ccc([N+](=O)[O-])cc2)C1=O. The number of hydrogen-bond acceptors (Lipinski definition) is 6. The number of amides is 3. The lowest BCUT2D eigenvalue weighted by atomic mass is 9.87. The molecule has 0 bridgehead atoms. The molecule has 9 nitrogen and oxygen atoms in total. The van der Waals surface area contributed by atoms with Gasteiger partial charge in [-0.1, -0.05) is 37.3 Å². The van der Waals surface area contributed by atoms with E-state index in [1.54, 1.807) is 37.3 Å². The van der Waals surface area contributed by atoms with Crippen molar-refractivity contribution in [2.45, 2.75) is 25.5 Å². The largest absolute Gasteiger partial charge is 0.459 e. The molecule has 0 unspecified atom stereocenters. The summed E-state index contributed by atoms with van der Waals surface area (Å²) >= 11 is 0. The van der Waals surface area contributed by atoms with Gasteiger partial charge in [-0.2, -0.15) is 0 Å². The summed E-state index contributed by atoms with van der Waals surface area (Å²) in [4.78, 5) is 48.5. The molecule has 1 saturated heterocycles. The molecule has 1 heterocycles. The molecule has 1 atom stereocenters. The molecule has 1 aliphatic heterocycles. The maximum Gasteiger partial charge on any atom is 0.326 e. The van der Waals surface area contributed by atoms with Crippen LogP contribution in [0.2, 0.25) is 0 Å². The first kappa shape index (κ1) is 20.0. The van der Waals surface area contributed by atoms with Crippen LogP contribution >= 0.6 is 0 Å². The van der Waals surface area contributed by atoms with Crippen molar-refractivity contribution in [2.24, 2.45) is 0 Å². The highest BCUT2D eigenvalue weighted by Crippen LogP contribution is 2.32. The zero-order valence-corrected chi connectivity index (χ0v) is 15.7. The summed E-state index contributed by atoms with van der Waals surface area (Å²) in [7, 11) is 0. The van der Waals surface area contributed by atoms with E-state index in [1.165, 1.54) is 24.3 Å². The average Bonchev–Trinajstić information content (AvgIpc) is 2.98. The number of imide groups is 1. The number of carbonyl (C=O) groups excluding carboxylic acids is 3. The lowest BCUT2D eigenvalue weighted by Crippen LogP contribution is -2.43. The number of ether oxygens (including phenoxy) is 1. The Hall–Kier alpha value is -3.75. The molecule has 150 valence electrons. The fourth-order valence-corrected chi connectivity index (χ4v) is 3.18. The smallest absolute Gasteiger partial charge is 0.326 e. The molecule has 0 aliphatic carbocycles. The summed E-state index contributed by atoms with van der Waals surface area (Å²) in [6.07, 6.45) is 0.329. The number of non-ortho nitro benzene ring substituents is 1. The second-order valence-electron chi connectivity index (χ2n) is 6.53. The van der Waals surface area contributed by atoms with Gasteiger partial charge in [0.1, 0.15) is 18.7 Å². The van der Waals surface area contributed by atoms with E-state index in [-0.39, 0.29) is 12.3 Å². The quantitative estimate of drug-likeness (QED) is 0.332. The number of urea groups is 1. The van der Waals surface area contributed by atoms with E-state index in [9.17, 15) is 24.5 Å². The van der Waals surface area contributed by atoms with E-state index in [0.29, 0.717) is 17.5 Å². The van der Waals surface area contributed by atoms with Crippen molar-refractivity contribution in [2.75, 3.05) is 6.54 Å². The Balaban J connectivity index is 1.65. The molecule has 2 aromatic rings. The molecular formula is C20H19N3O6. The lowest BCUT2D eigenvalue weighted by Gasteiger charge is -2.25. The first-order chi connectivity index (χ1) is 13.9. The zero-order valence-electron chi connectivity index (χ0n) is 15.7. The van der Waals surface area contributed by atoms with Crippen molar-refractivity contribution in [1.29, 1.82) is 0 Å². The number of nitrogens with one attached hydrogen (secondary N) is 1. The van der Waals surface area contributed by atoms with Crippen LogP contribution in [-0.2, 0) is 26.5 Å². The van der Waals surface area contributed by atoms with Gasteiger partial charge in [-0.15, -0.1) is 0 Å². The van der Waals surface area contributed by atoms with E-state index in [1.807, 2.05) is 0 Å². The number of carbonyl (C=O) groups is 3. The fourth-order valence-electron chi connectivity index (χ4n) is 3.18. The standard InChI is InChI=1S/C20H19N3O6/c1-2-20(15-6-4-3-5-7-15)18(25)22(19(26)21-20)12-17(24)29-13-14-8-10-16(11-9-14)23(27)28/h3-11H,2,12-13H2,1H3,(H,21,26)/t20-/m0/s1. The molecule has 2 aromatic carbocycles. The molecule has 9 heteroatoms. The summed E-state index contributed by atoms with van der Waals surface area (Å²) in [6.45, 7) is 1.13. The lowest BCUT2D eigenvalue weighted by molar-refractivity contribution is -0.384. The Labute approximate surface area is 166 Å². The number of hydrogen-bond donors (Lipinski definition) is 1. The molecule has 0 saturated carbocycles. The van der Waals surface area contributed by atoms with Crippen LogP contribution in [0.3, 0.4) is 0 Å². The monoisotopic (exact) mass is 397 g/mol. The Morgan fingerprint density at radius 2 is 1.79 bits per heavy atom. The number of benzene rings is 2. The van der Waals surface area contributed by atoms with Crippen molar-refractivity contribution < 1.29 is 24.0 Å². The van der Waals surface area contributed by atoms with Crippen LogP contribution in [0.5, 0.6) is 0 Å². The van der Waals surface area contributed by atoms with Crippen molar-refractivity contribution in [3.63, 3.8) is 0 Å². The molecule has 0 aromatic heterocycles. The molecule has 3 rings (SSSR count). The highest BCUT2D eigenvalue weighted by Gasteiger charge is 2.51. The number of nitro groups is 1. The second-order valence-corrected chi connectivity index (χ2v) is 6.53. The zero-order chi connectivity index (χ0) is 21.0. The van der Waals surface area contributed by atoms with Gasteiger partial charge in [0, 0.05) is 12.1 Å². The Morgan fingerprint density at radius 1 is 1.14 bits per heavy atom. The summed E-state index contributed by atoms with van der Waals surface area (Å²) in [5.74, 6) is -1.27. The van der Waals surface area contributed by atoms with Crippen LogP contribution < -0.4 is 5.32 Å². The van der Waals surface area contributed by atoms with E-state index >= 15 is 0 Å². The first-order valence-corrected chi connectivity index (χ1v) is 8.96. The minimum atomic E-state index is -1.21. The predicted molar refractivity (Wildman–Crippen MR) is 102 cm³/mol. The summed E-state index contributed by atoms with van der Waals surface area (Å²) < 4.78 is 5.11. The van der Waals surface area contributed by atoms with Gasteiger partial charge in [0.25, 0.3) is 11.6 Å². The number of rotatable bonds is 7. The third kappa shape index (κ3) is 3.93. The van der Waals surface area contributed by atoms with Crippen molar-refractivity contribution in [1.82, 2.24) is 10.2 Å². The fraction of sp³-hybridized carbons (Fsp3) is 0.250. The van der Waals surface area contributed by atoms with E-state index < -0.39 is 34.9 Å². The summed E-state index contributed by atoms with van der Waals surface area (Å²) in [5.41, 5.74) is -0.0936. The van der Waals surface area contributed by atoms with Gasteiger partial charge in [0.15, 0.2) is 0 Å². The Kier molecular flexibility index (Phi) is 5.58. The van der Waals surface area contributed by atoms with Gasteiger partial charge in [0.2, 0.25) is 0 Å². The number of nitrogens with zero attached hydrogens (tertiary/aromatic N) is 2. The second kappa shape index (κ2) is 8.09. The van der Waals surface area contributed by atoms with Gasteiger partial charge in [-0.25, -0.2) is 4.79 Å². The van der Waals surface area contributed by atoms with Crippen LogP contribution in [0.4, 0.5) is 10.5 Å². The molecule has 1 N–H and O–H groups in total. The Morgan fingerprint density at radius 3 is 2.38 bits per heavy atom. The number of nitro benzene ring substituents is 1. The van der Waals surface area contributed by atoms with Gasteiger partial charge in [0.05, 0.1) is 4.92 Å². The molecule has 0 radical (unpaired) electrons. The minimum Gasteiger partial charge on any atom is -0.459 e. The summed E-state index contributed by atoms with van der Waals surface area (Å²) in [5, 5.41) is 13.4. The molecule has 1 aliphatic rings. The van der Waals surface area contributed by atoms with Crippen LogP contribution in [0.15, 0.2) is 54.6 Å². The van der Waals surface area contributed by atoms with E-state index in [2.05, 4.69) is 5.32 Å². The highest BCUT2D eigenvalue weighted by molar-refractivity contribution is 6.09.